The molecule has 0 aliphatic rings. The molecule has 0 saturated carbocycles. The van der Waals surface area contributed by atoms with Crippen molar-refractivity contribution >= 4 is 23.2 Å². The van der Waals surface area contributed by atoms with Crippen molar-refractivity contribution in [2.24, 2.45) is 0 Å². The molecule has 1 N–H and O–H groups in total. The maximum Gasteiger partial charge on any atom is 0.343 e. The Bertz CT molecular complexity index is 744. The SMILES string of the molecule is CCOC(=O)c1cn(CC)nc1Nc1ccc(F)cc1[N+](=O)[O-]. The number of aromatic nitrogens is 2. The smallest absolute Gasteiger partial charge is 0.343 e. The standard InChI is InChI=1S/C14H15FN4O4/c1-3-18-8-10(14(20)23-4-2)13(17-18)16-11-6-5-9(15)7-12(11)19(21)22/h5-8H,3-4H2,1-2H3,(H,16,17). The first-order chi connectivity index (χ1) is 11.0. The van der Waals surface area contributed by atoms with E-state index in [0.29, 0.717) is 6.54 Å². The van der Waals surface area contributed by atoms with E-state index in [1.807, 2.05) is 6.92 Å². The molecular formula is C14H15FN4O4. The average molecular weight is 322 g/mol. The molecule has 0 bridgehead atoms. The Labute approximate surface area is 131 Å². The van der Waals surface area contributed by atoms with E-state index >= 15 is 0 Å². The first-order valence-corrected chi connectivity index (χ1v) is 6.91. The highest BCUT2D eigenvalue weighted by atomic mass is 19.1. The summed E-state index contributed by atoms with van der Waals surface area (Å²) in [6.07, 6.45) is 1.48. The zero-order valence-electron chi connectivity index (χ0n) is 12.6. The minimum absolute atomic E-state index is 0.0308. The number of anilines is 2. The third-order valence-corrected chi connectivity index (χ3v) is 2.99. The molecule has 0 radical (unpaired) electrons. The van der Waals surface area contributed by atoms with Crippen molar-refractivity contribution in [2.45, 2.75) is 20.4 Å². The number of aryl methyl sites for hydroxylation is 1. The summed E-state index contributed by atoms with van der Waals surface area (Å²) in [5, 5.41) is 17.9. The first-order valence-electron chi connectivity index (χ1n) is 6.91. The van der Waals surface area contributed by atoms with E-state index in [0.717, 1.165) is 12.1 Å². The van der Waals surface area contributed by atoms with Gasteiger partial charge in [0.25, 0.3) is 5.69 Å². The number of carbonyl (C=O) groups excluding carboxylic acids is 1. The number of carbonyl (C=O) groups is 1. The molecule has 122 valence electrons. The summed E-state index contributed by atoms with van der Waals surface area (Å²) >= 11 is 0. The molecule has 0 saturated heterocycles. The number of hydrogen-bond acceptors (Lipinski definition) is 6. The van der Waals surface area contributed by atoms with Crippen LogP contribution in [-0.4, -0.2) is 27.3 Å². The normalized spacial score (nSPS) is 10.4. The number of nitro benzene ring substituents is 1. The molecule has 2 aromatic rings. The van der Waals surface area contributed by atoms with Crippen LogP contribution in [0.5, 0.6) is 0 Å². The van der Waals surface area contributed by atoms with Gasteiger partial charge in [0, 0.05) is 12.7 Å². The third kappa shape index (κ3) is 3.62. The van der Waals surface area contributed by atoms with Crippen molar-refractivity contribution in [1.29, 1.82) is 0 Å². The van der Waals surface area contributed by atoms with E-state index in [1.165, 1.54) is 16.9 Å². The zero-order chi connectivity index (χ0) is 17.0. The van der Waals surface area contributed by atoms with Gasteiger partial charge in [-0.3, -0.25) is 14.8 Å². The van der Waals surface area contributed by atoms with Gasteiger partial charge < -0.3 is 10.1 Å². The van der Waals surface area contributed by atoms with E-state index in [1.54, 1.807) is 6.92 Å². The molecular weight excluding hydrogens is 307 g/mol. The molecule has 0 aliphatic heterocycles. The lowest BCUT2D eigenvalue weighted by atomic mass is 10.2. The number of benzene rings is 1. The van der Waals surface area contributed by atoms with Crippen LogP contribution in [0.3, 0.4) is 0 Å². The Kier molecular flexibility index (Phi) is 4.89. The third-order valence-electron chi connectivity index (χ3n) is 2.99. The summed E-state index contributed by atoms with van der Waals surface area (Å²) in [4.78, 5) is 22.3. The lowest BCUT2D eigenvalue weighted by Crippen LogP contribution is -2.07. The predicted molar refractivity (Wildman–Crippen MR) is 80.2 cm³/mol. The van der Waals surface area contributed by atoms with E-state index in [9.17, 15) is 19.3 Å². The molecule has 0 fully saturated rings. The molecule has 23 heavy (non-hydrogen) atoms. The number of esters is 1. The summed E-state index contributed by atoms with van der Waals surface area (Å²) in [5.41, 5.74) is -0.276. The van der Waals surface area contributed by atoms with Gasteiger partial charge in [0.2, 0.25) is 0 Å². The molecule has 0 amide bonds. The van der Waals surface area contributed by atoms with E-state index < -0.39 is 22.4 Å². The second kappa shape index (κ2) is 6.86. The topological polar surface area (TPSA) is 99.3 Å². The van der Waals surface area contributed by atoms with Gasteiger partial charge >= 0.3 is 5.97 Å². The Balaban J connectivity index is 2.42. The van der Waals surface area contributed by atoms with Crippen molar-refractivity contribution in [1.82, 2.24) is 9.78 Å². The maximum absolute atomic E-state index is 13.2. The van der Waals surface area contributed by atoms with Gasteiger partial charge in [0.15, 0.2) is 5.82 Å². The molecule has 0 aliphatic carbocycles. The van der Waals surface area contributed by atoms with Crippen LogP contribution in [0.4, 0.5) is 21.6 Å². The molecule has 0 unspecified atom stereocenters. The van der Waals surface area contributed by atoms with Crippen LogP contribution in [0.2, 0.25) is 0 Å². The van der Waals surface area contributed by atoms with Crippen LogP contribution in [0, 0.1) is 15.9 Å². The molecule has 0 atom stereocenters. The molecule has 0 spiro atoms. The minimum Gasteiger partial charge on any atom is -0.462 e. The summed E-state index contributed by atoms with van der Waals surface area (Å²) in [5.74, 6) is -1.22. The van der Waals surface area contributed by atoms with Gasteiger partial charge in [-0.1, -0.05) is 0 Å². The van der Waals surface area contributed by atoms with E-state index in [-0.39, 0.29) is 23.7 Å². The van der Waals surface area contributed by atoms with Crippen LogP contribution in [0.1, 0.15) is 24.2 Å². The monoisotopic (exact) mass is 322 g/mol. The summed E-state index contributed by atoms with van der Waals surface area (Å²) < 4.78 is 19.6. The minimum atomic E-state index is -0.730. The fourth-order valence-corrected chi connectivity index (χ4v) is 1.92. The second-order valence-electron chi connectivity index (χ2n) is 4.51. The second-order valence-corrected chi connectivity index (χ2v) is 4.51. The largest absolute Gasteiger partial charge is 0.462 e. The highest BCUT2D eigenvalue weighted by molar-refractivity contribution is 5.95. The van der Waals surface area contributed by atoms with Gasteiger partial charge in [-0.25, -0.2) is 9.18 Å². The fraction of sp³-hybridized carbons (Fsp3) is 0.286. The van der Waals surface area contributed by atoms with Crippen LogP contribution < -0.4 is 5.32 Å². The number of nitrogens with zero attached hydrogens (tertiary/aromatic N) is 3. The Morgan fingerprint density at radius 1 is 1.48 bits per heavy atom. The highest BCUT2D eigenvalue weighted by Crippen LogP contribution is 2.29. The molecule has 2 rings (SSSR count). The first kappa shape index (κ1) is 16.4. The number of halogens is 1. The van der Waals surface area contributed by atoms with Gasteiger partial charge in [-0.2, -0.15) is 5.10 Å². The van der Waals surface area contributed by atoms with Crippen LogP contribution in [0.25, 0.3) is 0 Å². The zero-order valence-corrected chi connectivity index (χ0v) is 12.6. The van der Waals surface area contributed by atoms with Crippen molar-refractivity contribution in [3.8, 4) is 0 Å². The Morgan fingerprint density at radius 3 is 2.83 bits per heavy atom. The summed E-state index contributed by atoms with van der Waals surface area (Å²) in [6.45, 7) is 4.18. The Morgan fingerprint density at radius 2 is 2.22 bits per heavy atom. The average Bonchev–Trinajstić information content (AvgIpc) is 2.92. The van der Waals surface area contributed by atoms with Gasteiger partial charge in [-0.15, -0.1) is 0 Å². The molecule has 1 aromatic carbocycles. The van der Waals surface area contributed by atoms with Gasteiger partial charge in [0.05, 0.1) is 17.6 Å². The number of nitro groups is 1. The van der Waals surface area contributed by atoms with E-state index in [2.05, 4.69) is 10.4 Å². The van der Waals surface area contributed by atoms with Crippen LogP contribution in [-0.2, 0) is 11.3 Å². The molecule has 8 nitrogen and oxygen atoms in total. The number of nitrogens with one attached hydrogen (secondary N) is 1. The van der Waals surface area contributed by atoms with Crippen molar-refractivity contribution in [2.75, 3.05) is 11.9 Å². The Hall–Kier alpha value is -2.97. The lowest BCUT2D eigenvalue weighted by Gasteiger charge is -2.06. The maximum atomic E-state index is 13.2. The van der Waals surface area contributed by atoms with Gasteiger partial charge in [0.1, 0.15) is 17.1 Å². The lowest BCUT2D eigenvalue weighted by molar-refractivity contribution is -0.384. The predicted octanol–water partition coefficient (Wildman–Crippen LogP) is 2.87. The number of rotatable bonds is 6. The van der Waals surface area contributed by atoms with Crippen LogP contribution in [0.15, 0.2) is 24.4 Å². The van der Waals surface area contributed by atoms with Crippen molar-refractivity contribution in [3.05, 3.63) is 45.9 Å². The van der Waals surface area contributed by atoms with Crippen molar-refractivity contribution < 1.29 is 18.8 Å². The number of ether oxygens (including phenoxy) is 1. The number of hydrogen-bond donors (Lipinski definition) is 1. The molecule has 9 heteroatoms. The summed E-state index contributed by atoms with van der Waals surface area (Å²) in [6, 6.07) is 3.09. The summed E-state index contributed by atoms with van der Waals surface area (Å²) in [7, 11) is 0. The van der Waals surface area contributed by atoms with Gasteiger partial charge in [-0.05, 0) is 26.0 Å². The fourth-order valence-electron chi connectivity index (χ4n) is 1.92. The quantitative estimate of drug-likeness (QED) is 0.499. The van der Waals surface area contributed by atoms with E-state index in [4.69, 9.17) is 4.74 Å². The van der Waals surface area contributed by atoms with Crippen LogP contribution >= 0.6 is 0 Å². The molecule has 1 heterocycles. The molecule has 1 aromatic heterocycles. The van der Waals surface area contributed by atoms with Crippen molar-refractivity contribution in [3.63, 3.8) is 0 Å². The highest BCUT2D eigenvalue weighted by Gasteiger charge is 2.21.